The Morgan fingerprint density at radius 2 is 1.50 bits per heavy atom. The molecule has 0 saturated carbocycles. The lowest BCUT2D eigenvalue weighted by Crippen LogP contribution is -2.09. The predicted molar refractivity (Wildman–Crippen MR) is 103 cm³/mol. The quantitative estimate of drug-likeness (QED) is 0.553. The first-order valence-corrected chi connectivity index (χ1v) is 8.44. The average Bonchev–Trinajstić information content (AvgIpc) is 2.91. The van der Waals surface area contributed by atoms with Crippen LogP contribution in [0.15, 0.2) is 83.0 Å². The van der Waals surface area contributed by atoms with Gasteiger partial charge in [-0.15, -0.1) is 0 Å². The first-order chi connectivity index (χ1) is 11.6. The summed E-state index contributed by atoms with van der Waals surface area (Å²) in [4.78, 5) is 0. The maximum Gasteiger partial charge on any atom is 0.0688 e. The lowest BCUT2D eigenvalue weighted by atomic mass is 9.98. The minimum absolute atomic E-state index is 0.419. The molecule has 2 nitrogen and oxygen atoms in total. The van der Waals surface area contributed by atoms with E-state index in [0.717, 1.165) is 17.8 Å². The fourth-order valence-corrected chi connectivity index (χ4v) is 2.98. The number of anilines is 1. The molecule has 2 aromatic carbocycles. The van der Waals surface area contributed by atoms with Crippen LogP contribution in [0.3, 0.4) is 0 Å². The third-order valence-corrected chi connectivity index (χ3v) is 4.54. The van der Waals surface area contributed by atoms with Crippen LogP contribution in [0.4, 0.5) is 5.69 Å². The third kappa shape index (κ3) is 3.83. The fraction of sp³-hybridized carbons (Fsp3) is 0.227. The number of hydrogen-bond acceptors (Lipinski definition) is 2. The minimum atomic E-state index is 0.419. The van der Waals surface area contributed by atoms with Crippen molar-refractivity contribution < 1.29 is 0 Å². The summed E-state index contributed by atoms with van der Waals surface area (Å²) < 4.78 is 0. The molecule has 3 rings (SSSR count). The number of aryl methyl sites for hydroxylation is 1. The van der Waals surface area contributed by atoms with Crippen LogP contribution in [-0.4, -0.2) is 5.71 Å². The van der Waals surface area contributed by atoms with Crippen molar-refractivity contribution in [3.63, 3.8) is 0 Å². The number of allylic oxidation sites excluding steroid dienone is 4. The summed E-state index contributed by atoms with van der Waals surface area (Å²) in [5.41, 5.74) is 10.5. The second-order valence-electron chi connectivity index (χ2n) is 6.42. The van der Waals surface area contributed by atoms with Gasteiger partial charge in [0.25, 0.3) is 0 Å². The molecule has 1 aliphatic rings. The standard InChI is InChI=1S/C22H24N2/c1-16-9-7-8-12-21(16)23-24-22(20-10-5-4-6-11-20)15-19-13-17(2)18(3)14-19/h4-14,19,23H,15H2,1-3H3. The summed E-state index contributed by atoms with van der Waals surface area (Å²) in [5.74, 6) is 0.419. The number of hydrogen-bond donors (Lipinski definition) is 1. The van der Waals surface area contributed by atoms with Gasteiger partial charge in [-0.05, 0) is 38.0 Å². The topological polar surface area (TPSA) is 24.4 Å². The van der Waals surface area contributed by atoms with Crippen molar-refractivity contribution in [3.05, 3.63) is 89.0 Å². The number of hydrazone groups is 1. The zero-order chi connectivity index (χ0) is 16.9. The van der Waals surface area contributed by atoms with Gasteiger partial charge < -0.3 is 0 Å². The van der Waals surface area contributed by atoms with E-state index in [1.807, 2.05) is 18.2 Å². The van der Waals surface area contributed by atoms with Crippen LogP contribution in [0.1, 0.15) is 31.4 Å². The molecule has 0 fully saturated rings. The molecule has 122 valence electrons. The van der Waals surface area contributed by atoms with E-state index >= 15 is 0 Å². The Labute approximate surface area is 144 Å². The van der Waals surface area contributed by atoms with E-state index in [1.165, 1.54) is 22.3 Å². The summed E-state index contributed by atoms with van der Waals surface area (Å²) in [6.07, 6.45) is 5.57. The van der Waals surface area contributed by atoms with Gasteiger partial charge in [-0.1, -0.05) is 71.8 Å². The molecule has 0 amide bonds. The zero-order valence-corrected chi connectivity index (χ0v) is 14.6. The van der Waals surface area contributed by atoms with Gasteiger partial charge in [0.2, 0.25) is 0 Å². The van der Waals surface area contributed by atoms with Crippen LogP contribution in [0.25, 0.3) is 0 Å². The van der Waals surface area contributed by atoms with Gasteiger partial charge in [0.15, 0.2) is 0 Å². The van der Waals surface area contributed by atoms with Crippen molar-refractivity contribution in [1.82, 2.24) is 0 Å². The molecule has 0 radical (unpaired) electrons. The van der Waals surface area contributed by atoms with E-state index in [4.69, 9.17) is 5.10 Å². The summed E-state index contributed by atoms with van der Waals surface area (Å²) in [5, 5.41) is 4.75. The molecule has 0 aromatic heterocycles. The second kappa shape index (κ2) is 7.31. The number of nitrogens with one attached hydrogen (secondary N) is 1. The van der Waals surface area contributed by atoms with Gasteiger partial charge in [-0.3, -0.25) is 5.43 Å². The Morgan fingerprint density at radius 1 is 0.875 bits per heavy atom. The first kappa shape index (κ1) is 16.3. The predicted octanol–water partition coefficient (Wildman–Crippen LogP) is 5.72. The molecule has 1 aliphatic carbocycles. The molecule has 0 atom stereocenters. The molecule has 0 saturated heterocycles. The number of nitrogens with zero attached hydrogens (tertiary/aromatic N) is 1. The average molecular weight is 316 g/mol. The van der Waals surface area contributed by atoms with E-state index in [2.05, 4.69) is 74.7 Å². The number of para-hydroxylation sites is 1. The monoisotopic (exact) mass is 316 g/mol. The number of rotatable bonds is 5. The molecule has 0 heterocycles. The van der Waals surface area contributed by atoms with E-state index in [1.54, 1.807) is 0 Å². The second-order valence-corrected chi connectivity index (χ2v) is 6.42. The summed E-state index contributed by atoms with van der Waals surface area (Å²) in [7, 11) is 0. The van der Waals surface area contributed by atoms with Gasteiger partial charge >= 0.3 is 0 Å². The van der Waals surface area contributed by atoms with Crippen molar-refractivity contribution in [2.24, 2.45) is 11.0 Å². The van der Waals surface area contributed by atoms with E-state index in [0.29, 0.717) is 5.92 Å². The molecule has 0 unspecified atom stereocenters. The maximum absolute atomic E-state index is 4.75. The van der Waals surface area contributed by atoms with Crippen molar-refractivity contribution in [1.29, 1.82) is 0 Å². The van der Waals surface area contributed by atoms with Crippen molar-refractivity contribution in [2.75, 3.05) is 5.43 Å². The van der Waals surface area contributed by atoms with Crippen LogP contribution < -0.4 is 5.43 Å². The smallest absolute Gasteiger partial charge is 0.0688 e. The van der Waals surface area contributed by atoms with Crippen LogP contribution in [0.2, 0.25) is 0 Å². The molecule has 1 N–H and O–H groups in total. The molecule has 24 heavy (non-hydrogen) atoms. The highest BCUT2D eigenvalue weighted by atomic mass is 15.3. The fourth-order valence-electron chi connectivity index (χ4n) is 2.98. The number of benzene rings is 2. The van der Waals surface area contributed by atoms with E-state index in [-0.39, 0.29) is 0 Å². The third-order valence-electron chi connectivity index (χ3n) is 4.54. The Bertz CT molecular complexity index is 780. The minimum Gasteiger partial charge on any atom is -0.278 e. The molecule has 0 spiro atoms. The Morgan fingerprint density at radius 3 is 2.17 bits per heavy atom. The molecular weight excluding hydrogens is 292 g/mol. The summed E-state index contributed by atoms with van der Waals surface area (Å²) in [6.45, 7) is 6.45. The van der Waals surface area contributed by atoms with E-state index in [9.17, 15) is 0 Å². The molecular formula is C22H24N2. The zero-order valence-electron chi connectivity index (χ0n) is 14.6. The van der Waals surface area contributed by atoms with Crippen LogP contribution >= 0.6 is 0 Å². The van der Waals surface area contributed by atoms with Crippen molar-refractivity contribution >= 4 is 11.4 Å². The van der Waals surface area contributed by atoms with Gasteiger partial charge in [-0.2, -0.15) is 5.10 Å². The van der Waals surface area contributed by atoms with Gasteiger partial charge in [0.05, 0.1) is 11.4 Å². The first-order valence-electron chi connectivity index (χ1n) is 8.44. The lowest BCUT2D eigenvalue weighted by molar-refractivity contribution is 0.868. The van der Waals surface area contributed by atoms with Crippen LogP contribution in [0.5, 0.6) is 0 Å². The van der Waals surface area contributed by atoms with Crippen LogP contribution in [-0.2, 0) is 0 Å². The highest BCUT2D eigenvalue weighted by Gasteiger charge is 2.15. The van der Waals surface area contributed by atoms with Crippen LogP contribution in [0, 0.1) is 12.8 Å². The van der Waals surface area contributed by atoms with Gasteiger partial charge in [0.1, 0.15) is 0 Å². The van der Waals surface area contributed by atoms with Gasteiger partial charge in [-0.25, -0.2) is 0 Å². The van der Waals surface area contributed by atoms with Gasteiger partial charge in [0, 0.05) is 12.3 Å². The Kier molecular flexibility index (Phi) is 4.95. The summed E-state index contributed by atoms with van der Waals surface area (Å²) >= 11 is 0. The highest BCUT2D eigenvalue weighted by molar-refractivity contribution is 6.01. The Hall–Kier alpha value is -2.61. The van der Waals surface area contributed by atoms with Crippen molar-refractivity contribution in [3.8, 4) is 0 Å². The molecule has 0 bridgehead atoms. The SMILES string of the molecule is CC1=CC(CC(=NNc2ccccc2C)c2ccccc2)C=C1C. The molecule has 2 aromatic rings. The molecule has 0 aliphatic heterocycles. The highest BCUT2D eigenvalue weighted by Crippen LogP contribution is 2.26. The van der Waals surface area contributed by atoms with Crippen molar-refractivity contribution in [2.45, 2.75) is 27.2 Å². The summed E-state index contributed by atoms with van der Waals surface area (Å²) in [6, 6.07) is 18.6. The maximum atomic E-state index is 4.75. The lowest BCUT2D eigenvalue weighted by Gasteiger charge is -2.12. The molecule has 2 heteroatoms. The Balaban J connectivity index is 1.86. The largest absolute Gasteiger partial charge is 0.278 e. The normalized spacial score (nSPS) is 15.2. The van der Waals surface area contributed by atoms with E-state index < -0.39 is 0 Å².